The highest BCUT2D eigenvalue weighted by molar-refractivity contribution is 6.31. The van der Waals surface area contributed by atoms with E-state index in [1.807, 2.05) is 0 Å². The lowest BCUT2D eigenvalue weighted by atomic mass is 9.84. The van der Waals surface area contributed by atoms with Crippen LogP contribution < -0.4 is 10.1 Å². The molecule has 2 aromatic rings. The predicted molar refractivity (Wildman–Crippen MR) is 88.7 cm³/mol. The number of amides is 3. The largest absolute Gasteiger partial charge is 0.493 e. The molecule has 5 nitrogen and oxygen atoms in total. The average Bonchev–Trinajstić information content (AvgIpc) is 2.83. The summed E-state index contributed by atoms with van der Waals surface area (Å²) < 4.78 is 19.6. The fraction of sp³-hybridized carbons (Fsp3) is 0.222. The van der Waals surface area contributed by atoms with E-state index in [1.165, 1.54) is 18.2 Å². The molecule has 2 aliphatic rings. The van der Waals surface area contributed by atoms with Crippen LogP contribution in [0.1, 0.15) is 17.5 Å². The molecule has 2 aromatic carbocycles. The SMILES string of the molecule is O=C1N[C@]2(CCOc3ccccc32)C(=O)N1Cc1c(F)cccc1Cl. The van der Waals surface area contributed by atoms with Crippen molar-refractivity contribution in [2.75, 3.05) is 6.61 Å². The van der Waals surface area contributed by atoms with Gasteiger partial charge in [0.25, 0.3) is 5.91 Å². The van der Waals surface area contributed by atoms with Crippen molar-refractivity contribution < 1.29 is 18.7 Å². The fourth-order valence-corrected chi connectivity index (χ4v) is 3.58. The van der Waals surface area contributed by atoms with Gasteiger partial charge in [0, 0.05) is 22.6 Å². The van der Waals surface area contributed by atoms with E-state index in [2.05, 4.69) is 5.32 Å². The number of carbonyl (C=O) groups excluding carboxylic acids is 2. The first-order valence-corrected chi connectivity index (χ1v) is 8.20. The molecule has 1 N–H and O–H groups in total. The van der Waals surface area contributed by atoms with Gasteiger partial charge in [-0.05, 0) is 18.2 Å². The number of urea groups is 1. The number of rotatable bonds is 2. The van der Waals surface area contributed by atoms with Crippen LogP contribution in [0, 0.1) is 5.82 Å². The normalized spacial score (nSPS) is 21.9. The van der Waals surface area contributed by atoms with Gasteiger partial charge in [-0.15, -0.1) is 0 Å². The Bertz CT molecular complexity index is 868. The molecular weight excluding hydrogens is 347 g/mol. The lowest BCUT2D eigenvalue weighted by Crippen LogP contribution is -2.47. The Kier molecular flexibility index (Phi) is 3.65. The van der Waals surface area contributed by atoms with Crippen LogP contribution in [0.3, 0.4) is 0 Å². The van der Waals surface area contributed by atoms with Crippen molar-refractivity contribution in [2.45, 2.75) is 18.5 Å². The highest BCUT2D eigenvalue weighted by Crippen LogP contribution is 2.41. The summed E-state index contributed by atoms with van der Waals surface area (Å²) in [6, 6.07) is 10.8. The minimum atomic E-state index is -1.18. The van der Waals surface area contributed by atoms with Gasteiger partial charge in [-0.3, -0.25) is 9.69 Å². The minimum absolute atomic E-state index is 0.116. The summed E-state index contributed by atoms with van der Waals surface area (Å²) >= 11 is 6.03. The molecule has 3 amide bonds. The number of para-hydroxylation sites is 1. The van der Waals surface area contributed by atoms with Crippen molar-refractivity contribution in [3.05, 3.63) is 64.4 Å². The molecule has 0 radical (unpaired) electrons. The number of halogens is 2. The Morgan fingerprint density at radius 2 is 2.00 bits per heavy atom. The number of fused-ring (bicyclic) bond motifs is 2. The van der Waals surface area contributed by atoms with E-state index in [-0.39, 0.29) is 17.1 Å². The topological polar surface area (TPSA) is 58.6 Å². The summed E-state index contributed by atoms with van der Waals surface area (Å²) in [4.78, 5) is 26.6. The Morgan fingerprint density at radius 1 is 1.20 bits per heavy atom. The Labute approximate surface area is 148 Å². The summed E-state index contributed by atoms with van der Waals surface area (Å²) in [5.41, 5.74) is -0.448. The maximum atomic E-state index is 14.1. The Morgan fingerprint density at radius 3 is 2.80 bits per heavy atom. The van der Waals surface area contributed by atoms with Gasteiger partial charge in [-0.1, -0.05) is 35.9 Å². The van der Waals surface area contributed by atoms with Gasteiger partial charge < -0.3 is 10.1 Å². The summed E-state index contributed by atoms with van der Waals surface area (Å²) in [5.74, 6) is -0.415. The van der Waals surface area contributed by atoms with Crippen molar-refractivity contribution >= 4 is 23.5 Å². The number of nitrogens with zero attached hydrogens (tertiary/aromatic N) is 1. The van der Waals surface area contributed by atoms with Gasteiger partial charge in [0.2, 0.25) is 0 Å². The van der Waals surface area contributed by atoms with Gasteiger partial charge in [0.05, 0.1) is 13.2 Å². The molecule has 0 unspecified atom stereocenters. The second-order valence-electron chi connectivity index (χ2n) is 6.02. The second-order valence-corrected chi connectivity index (χ2v) is 6.43. The van der Waals surface area contributed by atoms with Crippen LogP contribution in [-0.2, 0) is 16.9 Å². The van der Waals surface area contributed by atoms with Gasteiger partial charge in [-0.25, -0.2) is 9.18 Å². The van der Waals surface area contributed by atoms with Crippen LogP contribution in [-0.4, -0.2) is 23.4 Å². The maximum Gasteiger partial charge on any atom is 0.325 e. The Hall–Kier alpha value is -2.60. The molecule has 0 bridgehead atoms. The fourth-order valence-electron chi connectivity index (χ4n) is 3.36. The lowest BCUT2D eigenvalue weighted by Gasteiger charge is -2.33. The van der Waals surface area contributed by atoms with Gasteiger partial charge in [0.1, 0.15) is 11.6 Å². The minimum Gasteiger partial charge on any atom is -0.493 e. The van der Waals surface area contributed by atoms with E-state index in [9.17, 15) is 14.0 Å². The third-order valence-electron chi connectivity index (χ3n) is 4.64. The van der Waals surface area contributed by atoms with Crippen molar-refractivity contribution in [3.8, 4) is 5.75 Å². The molecule has 25 heavy (non-hydrogen) atoms. The van der Waals surface area contributed by atoms with Crippen LogP contribution in [0.25, 0.3) is 0 Å². The molecule has 0 saturated carbocycles. The average molecular weight is 361 g/mol. The van der Waals surface area contributed by atoms with Crippen molar-refractivity contribution in [1.29, 1.82) is 0 Å². The summed E-state index contributed by atoms with van der Waals surface area (Å²) in [6.45, 7) is 0.0816. The molecule has 1 fully saturated rings. The zero-order valence-corrected chi connectivity index (χ0v) is 13.8. The quantitative estimate of drug-likeness (QED) is 0.837. The number of benzene rings is 2. The standard InChI is InChI=1S/C18H14ClFN2O3/c19-13-5-3-6-14(20)11(13)10-22-16(23)18(21-17(22)24)8-9-25-15-7-2-1-4-12(15)18/h1-7H,8-10H2,(H,21,24)/t18-/m0/s1. The van der Waals surface area contributed by atoms with Gasteiger partial charge in [0.15, 0.2) is 5.54 Å². The van der Waals surface area contributed by atoms with E-state index in [0.29, 0.717) is 24.3 Å². The first kappa shape index (κ1) is 15.9. The lowest BCUT2D eigenvalue weighted by molar-refractivity contribution is -0.133. The van der Waals surface area contributed by atoms with Crippen LogP contribution in [0.2, 0.25) is 5.02 Å². The smallest absolute Gasteiger partial charge is 0.325 e. The molecule has 1 spiro atoms. The second kappa shape index (κ2) is 5.74. The summed E-state index contributed by atoms with van der Waals surface area (Å²) in [5, 5.41) is 2.95. The molecule has 2 aliphatic heterocycles. The van der Waals surface area contributed by atoms with E-state index in [1.54, 1.807) is 24.3 Å². The molecule has 0 aliphatic carbocycles. The molecule has 1 atom stereocenters. The third-order valence-corrected chi connectivity index (χ3v) is 4.99. The van der Waals surface area contributed by atoms with Crippen LogP contribution in [0.15, 0.2) is 42.5 Å². The highest BCUT2D eigenvalue weighted by atomic mass is 35.5. The van der Waals surface area contributed by atoms with Crippen LogP contribution in [0.5, 0.6) is 5.75 Å². The highest BCUT2D eigenvalue weighted by Gasteiger charge is 2.54. The first-order chi connectivity index (χ1) is 12.0. The summed E-state index contributed by atoms with van der Waals surface area (Å²) in [6.07, 6.45) is 0.316. The zero-order chi connectivity index (χ0) is 17.6. The molecule has 2 heterocycles. The van der Waals surface area contributed by atoms with Crippen LogP contribution >= 0.6 is 11.6 Å². The van der Waals surface area contributed by atoms with E-state index in [0.717, 1.165) is 4.90 Å². The number of carbonyl (C=O) groups is 2. The first-order valence-electron chi connectivity index (χ1n) is 7.82. The van der Waals surface area contributed by atoms with Crippen LogP contribution in [0.4, 0.5) is 9.18 Å². The number of nitrogens with one attached hydrogen (secondary N) is 1. The molecule has 4 rings (SSSR count). The number of imide groups is 1. The molecular formula is C18H14ClFN2O3. The summed E-state index contributed by atoms with van der Waals surface area (Å²) in [7, 11) is 0. The third kappa shape index (κ3) is 2.36. The molecule has 7 heteroatoms. The monoisotopic (exact) mass is 360 g/mol. The van der Waals surface area contributed by atoms with Crippen molar-refractivity contribution in [2.24, 2.45) is 0 Å². The van der Waals surface area contributed by atoms with E-state index >= 15 is 0 Å². The molecule has 1 saturated heterocycles. The number of hydrogen-bond acceptors (Lipinski definition) is 3. The number of hydrogen-bond donors (Lipinski definition) is 1. The zero-order valence-electron chi connectivity index (χ0n) is 13.1. The van der Waals surface area contributed by atoms with Gasteiger partial charge >= 0.3 is 6.03 Å². The predicted octanol–water partition coefficient (Wildman–Crippen LogP) is 3.21. The van der Waals surface area contributed by atoms with Gasteiger partial charge in [-0.2, -0.15) is 0 Å². The van der Waals surface area contributed by atoms with E-state index in [4.69, 9.17) is 16.3 Å². The molecule has 0 aromatic heterocycles. The van der Waals surface area contributed by atoms with Crippen molar-refractivity contribution in [3.63, 3.8) is 0 Å². The number of ether oxygens (including phenoxy) is 1. The van der Waals surface area contributed by atoms with E-state index < -0.39 is 23.3 Å². The van der Waals surface area contributed by atoms with Crippen molar-refractivity contribution in [1.82, 2.24) is 10.2 Å². The maximum absolute atomic E-state index is 14.1. The Balaban J connectivity index is 1.73. The molecule has 128 valence electrons.